The molecule has 1 spiro atoms. The molecule has 0 atom stereocenters. The topological polar surface area (TPSA) is 101 Å². The Morgan fingerprint density at radius 3 is 2.86 bits per heavy atom. The minimum Gasteiger partial charge on any atom is -0.481 e. The average molecular weight is 397 g/mol. The van der Waals surface area contributed by atoms with Gasteiger partial charge in [-0.3, -0.25) is 15.1 Å². The van der Waals surface area contributed by atoms with Crippen molar-refractivity contribution in [2.75, 3.05) is 5.32 Å². The van der Waals surface area contributed by atoms with Gasteiger partial charge in [0.1, 0.15) is 5.60 Å². The Morgan fingerprint density at radius 1 is 1.34 bits per heavy atom. The number of fused-ring (bicyclic) bond motifs is 1. The number of aromatic nitrogens is 3. The van der Waals surface area contributed by atoms with Crippen LogP contribution >= 0.6 is 0 Å². The van der Waals surface area contributed by atoms with Crippen LogP contribution in [0.15, 0.2) is 18.5 Å². The number of hydrogen-bond acceptors (Lipinski definition) is 6. The van der Waals surface area contributed by atoms with Gasteiger partial charge in [0, 0.05) is 24.3 Å². The smallest absolute Gasteiger partial charge is 0.306 e. The van der Waals surface area contributed by atoms with Gasteiger partial charge in [-0.1, -0.05) is 19.3 Å². The number of hydroxylamine groups is 1. The number of rotatable bonds is 5. The Labute approximate surface area is 169 Å². The Balaban J connectivity index is 1.51. The van der Waals surface area contributed by atoms with Crippen molar-refractivity contribution in [3.8, 4) is 0 Å². The van der Waals surface area contributed by atoms with Gasteiger partial charge in [0.15, 0.2) is 5.65 Å². The first-order valence-electron chi connectivity index (χ1n) is 10.6. The van der Waals surface area contributed by atoms with Crippen LogP contribution in [-0.2, 0) is 16.2 Å². The summed E-state index contributed by atoms with van der Waals surface area (Å²) in [5, 5.41) is 18.2. The maximum Gasteiger partial charge on any atom is 0.306 e. The molecule has 8 nitrogen and oxygen atoms in total. The van der Waals surface area contributed by atoms with Crippen LogP contribution in [0.1, 0.15) is 57.4 Å². The number of carbonyl (C=O) groups is 1. The third kappa shape index (κ3) is 3.15. The van der Waals surface area contributed by atoms with E-state index >= 15 is 0 Å². The maximum absolute atomic E-state index is 11.2. The van der Waals surface area contributed by atoms with E-state index in [1.807, 2.05) is 24.0 Å². The molecule has 0 bridgehead atoms. The first-order valence-corrected chi connectivity index (χ1v) is 10.6. The molecule has 0 radical (unpaired) electrons. The second-order valence-corrected chi connectivity index (χ2v) is 8.48. The third-order valence-electron chi connectivity index (χ3n) is 6.56. The summed E-state index contributed by atoms with van der Waals surface area (Å²) >= 11 is 0. The number of nitrogens with zero attached hydrogens (tertiary/aromatic N) is 3. The van der Waals surface area contributed by atoms with E-state index in [1.54, 1.807) is 0 Å². The standard InChI is InChI=1S/C21H27N5O3/c1-2-26-19-16(12-23-26)18(24-14-8-13(9-14)20(27)28)15(11-22-19)17-10-21(29-25-17)6-4-3-5-7-21/h10-14,25H,2-9H2,1H3,(H,22,24)(H,27,28). The number of pyridine rings is 1. The van der Waals surface area contributed by atoms with E-state index in [-0.39, 0.29) is 17.6 Å². The Morgan fingerprint density at radius 2 is 2.14 bits per heavy atom. The van der Waals surface area contributed by atoms with Crippen LogP contribution in [0.5, 0.6) is 0 Å². The molecule has 2 aromatic rings. The predicted molar refractivity (Wildman–Crippen MR) is 109 cm³/mol. The summed E-state index contributed by atoms with van der Waals surface area (Å²) < 4.78 is 1.88. The van der Waals surface area contributed by atoms with E-state index in [2.05, 4.69) is 27.0 Å². The number of anilines is 1. The number of carboxylic acid groups (broad SMARTS) is 1. The molecule has 0 amide bonds. The molecule has 154 valence electrons. The van der Waals surface area contributed by atoms with E-state index in [4.69, 9.17) is 4.84 Å². The number of aryl methyl sites for hydroxylation is 1. The highest BCUT2D eigenvalue weighted by atomic mass is 16.7. The lowest BCUT2D eigenvalue weighted by atomic mass is 9.80. The van der Waals surface area contributed by atoms with Gasteiger partial charge in [0.2, 0.25) is 0 Å². The first-order chi connectivity index (χ1) is 14.1. The molecule has 0 saturated heterocycles. The molecule has 5 rings (SSSR count). The van der Waals surface area contributed by atoms with E-state index in [1.165, 1.54) is 19.3 Å². The summed E-state index contributed by atoms with van der Waals surface area (Å²) in [7, 11) is 0. The van der Waals surface area contributed by atoms with Gasteiger partial charge in [-0.05, 0) is 38.7 Å². The zero-order valence-corrected chi connectivity index (χ0v) is 16.6. The third-order valence-corrected chi connectivity index (χ3v) is 6.56. The number of hydrogen-bond donors (Lipinski definition) is 3. The fourth-order valence-corrected chi connectivity index (χ4v) is 4.77. The van der Waals surface area contributed by atoms with Gasteiger partial charge in [-0.2, -0.15) is 5.10 Å². The van der Waals surface area contributed by atoms with Crippen LogP contribution in [0.4, 0.5) is 5.69 Å². The van der Waals surface area contributed by atoms with Gasteiger partial charge in [0.05, 0.1) is 28.9 Å². The molecule has 3 N–H and O–H groups in total. The van der Waals surface area contributed by atoms with Gasteiger partial charge in [0.25, 0.3) is 0 Å². The van der Waals surface area contributed by atoms with Crippen LogP contribution in [0, 0.1) is 5.92 Å². The molecule has 2 aromatic heterocycles. The van der Waals surface area contributed by atoms with Crippen molar-refractivity contribution in [1.29, 1.82) is 0 Å². The fraction of sp³-hybridized carbons (Fsp3) is 0.571. The minimum absolute atomic E-state index is 0.136. The van der Waals surface area contributed by atoms with E-state index in [0.717, 1.165) is 47.4 Å². The number of aliphatic carboxylic acids is 1. The molecule has 1 aliphatic heterocycles. The quantitative estimate of drug-likeness (QED) is 0.711. The Hall–Kier alpha value is -2.61. The highest BCUT2D eigenvalue weighted by molar-refractivity contribution is 5.96. The maximum atomic E-state index is 11.2. The van der Waals surface area contributed by atoms with E-state index in [9.17, 15) is 9.90 Å². The van der Waals surface area contributed by atoms with Crippen LogP contribution in [-0.4, -0.2) is 37.5 Å². The van der Waals surface area contributed by atoms with Crippen molar-refractivity contribution >= 4 is 28.4 Å². The lowest BCUT2D eigenvalue weighted by Gasteiger charge is -2.34. The molecule has 2 saturated carbocycles. The second kappa shape index (κ2) is 7.02. The summed E-state index contributed by atoms with van der Waals surface area (Å²) in [4.78, 5) is 21.9. The molecular weight excluding hydrogens is 370 g/mol. The summed E-state index contributed by atoms with van der Waals surface area (Å²) in [6, 6.07) is 0.136. The lowest BCUT2D eigenvalue weighted by Crippen LogP contribution is -2.39. The molecule has 3 heterocycles. The Bertz CT molecular complexity index is 970. The first kappa shape index (κ1) is 18.4. The molecule has 2 aliphatic carbocycles. The number of nitrogens with one attached hydrogen (secondary N) is 2. The summed E-state index contributed by atoms with van der Waals surface area (Å²) in [5.74, 6) is -0.973. The molecule has 0 aromatic carbocycles. The zero-order chi connectivity index (χ0) is 20.0. The van der Waals surface area contributed by atoms with Crippen molar-refractivity contribution in [3.05, 3.63) is 24.0 Å². The zero-order valence-electron chi connectivity index (χ0n) is 16.6. The van der Waals surface area contributed by atoms with E-state index in [0.29, 0.717) is 12.8 Å². The molecule has 29 heavy (non-hydrogen) atoms. The predicted octanol–water partition coefficient (Wildman–Crippen LogP) is 3.30. The van der Waals surface area contributed by atoms with Crippen molar-refractivity contribution in [2.45, 2.75) is 70.1 Å². The molecule has 2 fully saturated rings. The lowest BCUT2D eigenvalue weighted by molar-refractivity contribution is -0.144. The van der Waals surface area contributed by atoms with Crippen LogP contribution in [0.3, 0.4) is 0 Å². The monoisotopic (exact) mass is 397 g/mol. The second-order valence-electron chi connectivity index (χ2n) is 8.48. The highest BCUT2D eigenvalue weighted by Gasteiger charge is 2.38. The highest BCUT2D eigenvalue weighted by Crippen LogP contribution is 2.41. The SMILES string of the molecule is CCn1ncc2c(NC3CC(C(=O)O)C3)c(C3=CC4(CCCCC4)ON3)cnc21. The minimum atomic E-state index is -0.713. The molecule has 8 heteroatoms. The van der Waals surface area contributed by atoms with Crippen molar-refractivity contribution in [1.82, 2.24) is 20.2 Å². The van der Waals surface area contributed by atoms with Crippen LogP contribution < -0.4 is 10.8 Å². The van der Waals surface area contributed by atoms with Crippen LogP contribution in [0.2, 0.25) is 0 Å². The summed E-state index contributed by atoms with van der Waals surface area (Å²) in [5.41, 5.74) is 6.61. The Kier molecular flexibility index (Phi) is 4.46. The average Bonchev–Trinajstić information content (AvgIpc) is 3.29. The van der Waals surface area contributed by atoms with Gasteiger partial charge in [-0.25, -0.2) is 9.67 Å². The molecule has 0 unspecified atom stereocenters. The fourth-order valence-electron chi connectivity index (χ4n) is 4.77. The van der Waals surface area contributed by atoms with Gasteiger partial charge in [-0.15, -0.1) is 0 Å². The van der Waals surface area contributed by atoms with Gasteiger partial charge >= 0.3 is 5.97 Å². The number of carboxylic acids is 1. The van der Waals surface area contributed by atoms with Crippen molar-refractivity contribution in [2.24, 2.45) is 5.92 Å². The largest absolute Gasteiger partial charge is 0.481 e. The van der Waals surface area contributed by atoms with Crippen molar-refractivity contribution < 1.29 is 14.7 Å². The van der Waals surface area contributed by atoms with E-state index < -0.39 is 5.97 Å². The summed E-state index contributed by atoms with van der Waals surface area (Å²) in [6.07, 6.45) is 12.9. The van der Waals surface area contributed by atoms with Crippen LogP contribution in [0.25, 0.3) is 16.7 Å². The molecular formula is C21H27N5O3. The van der Waals surface area contributed by atoms with Crippen molar-refractivity contribution in [3.63, 3.8) is 0 Å². The normalized spacial score (nSPS) is 25.5. The molecule has 3 aliphatic rings. The van der Waals surface area contributed by atoms with Gasteiger partial charge < -0.3 is 10.4 Å². The summed E-state index contributed by atoms with van der Waals surface area (Å²) in [6.45, 7) is 2.78.